The van der Waals surface area contributed by atoms with Crippen molar-refractivity contribution in [3.05, 3.63) is 88.1 Å². The van der Waals surface area contributed by atoms with Gasteiger partial charge in [0.1, 0.15) is 5.82 Å². The molecule has 0 saturated carbocycles. The molecule has 0 fully saturated rings. The minimum atomic E-state index is -1.48. The van der Waals surface area contributed by atoms with E-state index in [9.17, 15) is 17.6 Å². The Balaban J connectivity index is 2.01. The highest BCUT2D eigenvalue weighted by molar-refractivity contribution is 7.78. The molecule has 0 aliphatic heterocycles. The molecule has 0 heterocycles. The molecule has 0 saturated heterocycles. The van der Waals surface area contributed by atoms with Crippen LogP contribution < -0.4 is 10.0 Å². The number of benzene rings is 2. The number of halogens is 4. The molecule has 3 rings (SSSR count). The Bertz CT molecular complexity index is 1030. The number of rotatable bonds is 9. The molecule has 0 aromatic heterocycles. The summed E-state index contributed by atoms with van der Waals surface area (Å²) < 4.78 is 57.3. The molecule has 3 N–H and O–H groups in total. The zero-order valence-electron chi connectivity index (χ0n) is 17.6. The molecule has 0 amide bonds. The lowest BCUT2D eigenvalue weighted by molar-refractivity contribution is 0.320. The summed E-state index contributed by atoms with van der Waals surface area (Å²) in [5, 5.41) is 11.2. The van der Waals surface area contributed by atoms with E-state index < -0.39 is 22.9 Å². The van der Waals surface area contributed by atoms with E-state index in [-0.39, 0.29) is 12.2 Å². The Morgan fingerprint density at radius 3 is 2.31 bits per heavy atom. The molecule has 1 unspecified atom stereocenters. The highest BCUT2D eigenvalue weighted by atomic mass is 32.1. The Morgan fingerprint density at radius 1 is 1.09 bits per heavy atom. The molecular formula is C24H25F4N3S. The second-order valence-corrected chi connectivity index (χ2v) is 8.22. The summed E-state index contributed by atoms with van der Waals surface area (Å²) >= 11 is 4.07. The van der Waals surface area contributed by atoms with E-state index in [1.165, 1.54) is 18.3 Å². The summed E-state index contributed by atoms with van der Waals surface area (Å²) in [6.45, 7) is 2.55. The van der Waals surface area contributed by atoms with Crippen molar-refractivity contribution in [2.75, 3.05) is 11.9 Å². The lowest BCUT2D eigenvalue weighted by Crippen LogP contribution is -2.32. The summed E-state index contributed by atoms with van der Waals surface area (Å²) in [6.07, 6.45) is 5.20. The third-order valence-electron chi connectivity index (χ3n) is 5.94. The molecule has 8 heteroatoms. The normalized spacial score (nSPS) is 18.5. The van der Waals surface area contributed by atoms with Crippen molar-refractivity contribution in [3.63, 3.8) is 0 Å². The number of anilines is 1. The van der Waals surface area contributed by atoms with Crippen molar-refractivity contribution >= 4 is 24.7 Å². The quantitative estimate of drug-likeness (QED) is 0.152. The number of thiol groups is 1. The van der Waals surface area contributed by atoms with Gasteiger partial charge in [0, 0.05) is 24.1 Å². The van der Waals surface area contributed by atoms with Crippen molar-refractivity contribution in [3.8, 4) is 0 Å². The third kappa shape index (κ3) is 5.24. The summed E-state index contributed by atoms with van der Waals surface area (Å²) in [5.41, 5.74) is 2.95. The first-order chi connectivity index (χ1) is 15.3. The van der Waals surface area contributed by atoms with Gasteiger partial charge in [0.15, 0.2) is 17.5 Å². The molecule has 0 radical (unpaired) electrons. The SMILES string of the molecule is CCC1(Cc2cc(F)c(F)c(F)c2)CC(C=N)=C(Nc2ccc(F)cc2)C=C1CCNS. The van der Waals surface area contributed by atoms with Crippen LogP contribution in [0.25, 0.3) is 0 Å². The van der Waals surface area contributed by atoms with Gasteiger partial charge in [0.2, 0.25) is 0 Å². The highest BCUT2D eigenvalue weighted by Crippen LogP contribution is 2.46. The second kappa shape index (κ2) is 10.4. The van der Waals surface area contributed by atoms with Gasteiger partial charge < -0.3 is 10.7 Å². The van der Waals surface area contributed by atoms with Gasteiger partial charge in [-0.1, -0.05) is 25.3 Å². The van der Waals surface area contributed by atoms with Crippen LogP contribution >= 0.6 is 12.8 Å². The van der Waals surface area contributed by atoms with E-state index in [1.807, 2.05) is 13.0 Å². The predicted octanol–water partition coefficient (Wildman–Crippen LogP) is 6.35. The molecule has 3 nitrogen and oxygen atoms in total. The molecule has 1 atom stereocenters. The minimum Gasteiger partial charge on any atom is -0.355 e. The molecule has 1 aliphatic carbocycles. The first-order valence-corrected chi connectivity index (χ1v) is 10.7. The van der Waals surface area contributed by atoms with Crippen LogP contribution in [0.1, 0.15) is 31.7 Å². The van der Waals surface area contributed by atoms with Crippen LogP contribution in [0.2, 0.25) is 0 Å². The fourth-order valence-corrected chi connectivity index (χ4v) is 4.32. The van der Waals surface area contributed by atoms with Crippen molar-refractivity contribution in [2.45, 2.75) is 32.6 Å². The van der Waals surface area contributed by atoms with Crippen LogP contribution in [0.5, 0.6) is 0 Å². The molecule has 0 bridgehead atoms. The summed E-state index contributed by atoms with van der Waals surface area (Å²) in [7, 11) is 0. The second-order valence-electron chi connectivity index (χ2n) is 7.90. The lowest BCUT2D eigenvalue weighted by Gasteiger charge is -2.40. The first kappa shape index (κ1) is 24.1. The van der Waals surface area contributed by atoms with Crippen LogP contribution in [0.4, 0.5) is 23.2 Å². The van der Waals surface area contributed by atoms with E-state index >= 15 is 0 Å². The van der Waals surface area contributed by atoms with Crippen LogP contribution in [0.15, 0.2) is 59.3 Å². The minimum absolute atomic E-state index is 0.289. The smallest absolute Gasteiger partial charge is 0.194 e. The Labute approximate surface area is 190 Å². The largest absolute Gasteiger partial charge is 0.355 e. The lowest BCUT2D eigenvalue weighted by atomic mass is 9.65. The molecule has 170 valence electrons. The molecule has 1 aliphatic rings. The molecule has 0 spiro atoms. The van der Waals surface area contributed by atoms with Crippen LogP contribution in [-0.4, -0.2) is 12.8 Å². The van der Waals surface area contributed by atoms with Crippen molar-refractivity contribution in [1.82, 2.24) is 4.72 Å². The van der Waals surface area contributed by atoms with Gasteiger partial charge in [0.25, 0.3) is 0 Å². The van der Waals surface area contributed by atoms with E-state index in [2.05, 4.69) is 22.9 Å². The molecule has 2 aromatic carbocycles. The Morgan fingerprint density at radius 2 is 1.75 bits per heavy atom. The maximum atomic E-state index is 13.9. The van der Waals surface area contributed by atoms with Gasteiger partial charge in [-0.05, 0) is 84.7 Å². The van der Waals surface area contributed by atoms with E-state index in [4.69, 9.17) is 5.41 Å². The van der Waals surface area contributed by atoms with Gasteiger partial charge in [0.05, 0.1) is 0 Å². The number of allylic oxidation sites excluding steroid dienone is 2. The fourth-order valence-electron chi connectivity index (χ4n) is 4.21. The van der Waals surface area contributed by atoms with Crippen molar-refractivity contribution in [1.29, 1.82) is 5.41 Å². The fraction of sp³-hybridized carbons (Fsp3) is 0.292. The maximum Gasteiger partial charge on any atom is 0.194 e. The maximum absolute atomic E-state index is 13.9. The van der Waals surface area contributed by atoms with Crippen molar-refractivity contribution < 1.29 is 17.6 Å². The Hall–Kier alpha value is -2.58. The summed E-state index contributed by atoms with van der Waals surface area (Å²) in [6, 6.07) is 7.98. The highest BCUT2D eigenvalue weighted by Gasteiger charge is 2.37. The zero-order chi connectivity index (χ0) is 23.3. The van der Waals surface area contributed by atoms with Crippen LogP contribution in [-0.2, 0) is 6.42 Å². The molecule has 2 aromatic rings. The molecular weight excluding hydrogens is 438 g/mol. The average Bonchev–Trinajstić information content (AvgIpc) is 2.78. The van der Waals surface area contributed by atoms with Gasteiger partial charge in [-0.3, -0.25) is 4.72 Å². The van der Waals surface area contributed by atoms with Gasteiger partial charge in [-0.25, -0.2) is 17.6 Å². The van der Waals surface area contributed by atoms with Crippen LogP contribution in [0, 0.1) is 34.1 Å². The first-order valence-electron chi connectivity index (χ1n) is 10.3. The average molecular weight is 464 g/mol. The zero-order valence-corrected chi connectivity index (χ0v) is 18.5. The van der Waals surface area contributed by atoms with Crippen molar-refractivity contribution in [2.24, 2.45) is 5.41 Å². The predicted molar refractivity (Wildman–Crippen MR) is 123 cm³/mol. The number of hydrogen-bond acceptors (Lipinski definition) is 4. The number of hydrogen-bond donors (Lipinski definition) is 4. The van der Waals surface area contributed by atoms with E-state index in [0.717, 1.165) is 17.7 Å². The Kier molecular flexibility index (Phi) is 7.79. The van der Waals surface area contributed by atoms with E-state index in [1.54, 1.807) is 12.1 Å². The number of nitrogens with one attached hydrogen (secondary N) is 3. The van der Waals surface area contributed by atoms with E-state index in [0.29, 0.717) is 48.3 Å². The molecule has 32 heavy (non-hydrogen) atoms. The summed E-state index contributed by atoms with van der Waals surface area (Å²) in [5.74, 6) is -4.26. The van der Waals surface area contributed by atoms with Crippen LogP contribution in [0.3, 0.4) is 0 Å². The van der Waals surface area contributed by atoms with Gasteiger partial charge in [-0.15, -0.1) is 0 Å². The topological polar surface area (TPSA) is 47.9 Å². The van der Waals surface area contributed by atoms with Gasteiger partial charge in [-0.2, -0.15) is 0 Å². The van der Waals surface area contributed by atoms with Gasteiger partial charge >= 0.3 is 0 Å². The third-order valence-corrected chi connectivity index (χ3v) is 6.16. The summed E-state index contributed by atoms with van der Waals surface area (Å²) in [4.78, 5) is 0. The monoisotopic (exact) mass is 463 g/mol. The standard InChI is InChI=1S/C24H25F4N3S/c1-2-24(12-15-9-20(26)23(28)21(27)10-15)13-16(14-29)22(11-17(24)7-8-30-32)31-19-5-3-18(25)4-6-19/h3-6,9-11,14,29-32H,2,7-8,12-13H2,1H3.